The van der Waals surface area contributed by atoms with Crippen molar-refractivity contribution < 1.29 is 28.0 Å². The van der Waals surface area contributed by atoms with Crippen molar-refractivity contribution in [2.24, 2.45) is 0 Å². The molecule has 0 aromatic carbocycles. The Morgan fingerprint density at radius 3 is 1.56 bits per heavy atom. The minimum absolute atomic E-state index is 0.273. The third-order valence-electron chi connectivity index (χ3n) is 7.14. The molecule has 0 bridgehead atoms. The van der Waals surface area contributed by atoms with Gasteiger partial charge in [-0.15, -0.1) is 0 Å². The Morgan fingerprint density at radius 2 is 1.10 bits per heavy atom. The van der Waals surface area contributed by atoms with E-state index in [2.05, 4.69) is 43.5 Å². The van der Waals surface area contributed by atoms with Gasteiger partial charge in [0.1, 0.15) is 6.10 Å². The van der Waals surface area contributed by atoms with Gasteiger partial charge in [0.15, 0.2) is 0 Å². The lowest BCUT2D eigenvalue weighted by Gasteiger charge is -2.22. The molecule has 0 fully saturated rings. The van der Waals surface area contributed by atoms with Crippen LogP contribution >= 0.6 is 0 Å². The van der Waals surface area contributed by atoms with E-state index in [4.69, 9.17) is 0 Å². The van der Waals surface area contributed by atoms with E-state index in [9.17, 15) is 28.0 Å². The number of aliphatic hydroxyl groups is 2. The first kappa shape index (κ1) is 39.5. The topological polar surface area (TPSA) is 124 Å². The quantitative estimate of drug-likeness (QED) is 0.0417. The van der Waals surface area contributed by atoms with Crippen LogP contribution in [0.25, 0.3) is 0 Å². The number of carbonyl (C=O) groups excluding carboxylic acids is 1. The number of nitrogens with one attached hydrogen (secondary N) is 1. The molecule has 7 nitrogen and oxygen atoms in total. The standard InChI is InChI=1S/C33H61NO6S/c1-3-5-7-9-11-13-15-16-18-20-22-24-26-28-32(36)33(37)34-30(29-41(38,39)40)31(35)27-25-23-21-19-17-14-12-10-8-6-4-2/h8,10,17,19,25,27,30-32,35-36H,3-7,9,11-16,18,20-24,26,28-29H2,1-2H3,(H,34,37)(H,38,39,40)/b10-8+,19-17+,27-25+. The van der Waals surface area contributed by atoms with Crippen molar-refractivity contribution in [2.45, 2.75) is 161 Å². The molecule has 0 aliphatic rings. The van der Waals surface area contributed by atoms with Gasteiger partial charge in [0.05, 0.1) is 17.9 Å². The third-order valence-corrected chi connectivity index (χ3v) is 7.92. The number of allylic oxidation sites excluding steroid dienone is 5. The highest BCUT2D eigenvalue weighted by atomic mass is 32.2. The largest absolute Gasteiger partial charge is 0.387 e. The van der Waals surface area contributed by atoms with E-state index in [1.54, 1.807) is 6.08 Å². The first-order valence-corrected chi connectivity index (χ1v) is 17.9. The van der Waals surface area contributed by atoms with Gasteiger partial charge in [-0.1, -0.05) is 140 Å². The second-order valence-corrected chi connectivity index (χ2v) is 12.7. The molecular formula is C33H61NO6S. The number of unbranched alkanes of at least 4 members (excludes halogenated alkanes) is 15. The molecule has 3 atom stereocenters. The molecular weight excluding hydrogens is 538 g/mol. The van der Waals surface area contributed by atoms with Gasteiger partial charge in [-0.2, -0.15) is 8.42 Å². The molecule has 0 saturated carbocycles. The molecule has 0 saturated heterocycles. The van der Waals surface area contributed by atoms with E-state index in [-0.39, 0.29) is 6.42 Å². The van der Waals surface area contributed by atoms with E-state index in [1.165, 1.54) is 63.9 Å². The lowest BCUT2D eigenvalue weighted by atomic mass is 10.0. The average molecular weight is 600 g/mol. The van der Waals surface area contributed by atoms with Crippen LogP contribution in [0.2, 0.25) is 0 Å². The molecule has 41 heavy (non-hydrogen) atoms. The predicted molar refractivity (Wildman–Crippen MR) is 171 cm³/mol. The number of amides is 1. The predicted octanol–water partition coefficient (Wildman–Crippen LogP) is 7.59. The van der Waals surface area contributed by atoms with Crippen molar-refractivity contribution in [3.63, 3.8) is 0 Å². The molecule has 4 N–H and O–H groups in total. The fraction of sp³-hybridized carbons (Fsp3) is 0.788. The van der Waals surface area contributed by atoms with E-state index in [0.29, 0.717) is 12.8 Å². The minimum atomic E-state index is -4.44. The summed E-state index contributed by atoms with van der Waals surface area (Å²) in [4.78, 5) is 12.5. The smallest absolute Gasteiger partial charge is 0.267 e. The summed E-state index contributed by atoms with van der Waals surface area (Å²) in [6.45, 7) is 4.39. The monoisotopic (exact) mass is 599 g/mol. The van der Waals surface area contributed by atoms with Crippen LogP contribution in [0.15, 0.2) is 36.5 Å². The van der Waals surface area contributed by atoms with Gasteiger partial charge in [-0.25, -0.2) is 0 Å². The number of carbonyl (C=O) groups is 1. The van der Waals surface area contributed by atoms with E-state index in [0.717, 1.165) is 51.4 Å². The van der Waals surface area contributed by atoms with Crippen LogP contribution in [0, 0.1) is 0 Å². The maximum absolute atomic E-state index is 12.5. The van der Waals surface area contributed by atoms with Gasteiger partial charge in [-0.05, 0) is 38.5 Å². The Kier molecular flexibility index (Phi) is 26.4. The van der Waals surface area contributed by atoms with E-state index >= 15 is 0 Å². The molecule has 3 unspecified atom stereocenters. The lowest BCUT2D eigenvalue weighted by molar-refractivity contribution is -0.130. The normalized spacial score (nSPS) is 14.8. The molecule has 0 aromatic rings. The van der Waals surface area contributed by atoms with Gasteiger partial charge in [0, 0.05) is 0 Å². The summed E-state index contributed by atoms with van der Waals surface area (Å²) < 4.78 is 32.2. The highest BCUT2D eigenvalue weighted by Gasteiger charge is 2.27. The van der Waals surface area contributed by atoms with Crippen LogP contribution in [0.5, 0.6) is 0 Å². The maximum Gasteiger partial charge on any atom is 0.267 e. The van der Waals surface area contributed by atoms with Crippen molar-refractivity contribution in [3.8, 4) is 0 Å². The van der Waals surface area contributed by atoms with E-state index < -0.39 is 40.0 Å². The summed E-state index contributed by atoms with van der Waals surface area (Å²) in [7, 11) is -4.44. The lowest BCUT2D eigenvalue weighted by Crippen LogP contribution is -2.50. The van der Waals surface area contributed by atoms with Crippen molar-refractivity contribution in [3.05, 3.63) is 36.5 Å². The molecule has 0 rings (SSSR count). The Balaban J connectivity index is 4.25. The van der Waals surface area contributed by atoms with Gasteiger partial charge >= 0.3 is 0 Å². The highest BCUT2D eigenvalue weighted by molar-refractivity contribution is 7.85. The number of hydrogen-bond acceptors (Lipinski definition) is 5. The first-order chi connectivity index (χ1) is 19.7. The molecule has 0 aliphatic carbocycles. The summed E-state index contributed by atoms with van der Waals surface area (Å²) in [6, 6.07) is -1.25. The zero-order valence-electron chi connectivity index (χ0n) is 26.0. The van der Waals surface area contributed by atoms with Gasteiger partial charge in [0.25, 0.3) is 10.1 Å². The Morgan fingerprint density at radius 1 is 0.659 bits per heavy atom. The zero-order chi connectivity index (χ0) is 30.6. The highest BCUT2D eigenvalue weighted by Crippen LogP contribution is 2.14. The maximum atomic E-state index is 12.5. The molecule has 0 radical (unpaired) electrons. The Labute approximate surface area is 251 Å². The molecule has 0 spiro atoms. The summed E-state index contributed by atoms with van der Waals surface area (Å²) in [5.41, 5.74) is 0. The Hall–Kier alpha value is -1.48. The molecule has 240 valence electrons. The number of hydrogen-bond donors (Lipinski definition) is 4. The van der Waals surface area contributed by atoms with Crippen molar-refractivity contribution in [2.75, 3.05) is 5.75 Å². The fourth-order valence-corrected chi connectivity index (χ4v) is 5.35. The van der Waals surface area contributed by atoms with Crippen molar-refractivity contribution in [1.29, 1.82) is 0 Å². The summed E-state index contributed by atoms with van der Waals surface area (Å²) >= 11 is 0. The van der Waals surface area contributed by atoms with Crippen molar-refractivity contribution in [1.82, 2.24) is 5.32 Å². The van der Waals surface area contributed by atoms with Crippen LogP contribution < -0.4 is 5.32 Å². The zero-order valence-corrected chi connectivity index (χ0v) is 26.8. The second kappa shape index (κ2) is 27.4. The first-order valence-electron chi connectivity index (χ1n) is 16.3. The molecule has 8 heteroatoms. The number of rotatable bonds is 28. The molecule has 0 heterocycles. The number of aliphatic hydroxyl groups excluding tert-OH is 2. The van der Waals surface area contributed by atoms with Crippen LogP contribution in [0.4, 0.5) is 0 Å². The summed E-state index contributed by atoms with van der Waals surface area (Å²) in [5.74, 6) is -1.57. The van der Waals surface area contributed by atoms with Gasteiger partial charge in [0.2, 0.25) is 5.91 Å². The average Bonchev–Trinajstić information content (AvgIpc) is 2.92. The summed E-state index contributed by atoms with van der Waals surface area (Å²) in [5, 5.41) is 23.1. The van der Waals surface area contributed by atoms with Crippen LogP contribution in [0.1, 0.15) is 142 Å². The molecule has 1 amide bonds. The third kappa shape index (κ3) is 27.1. The summed E-state index contributed by atoms with van der Waals surface area (Å²) in [6.07, 6.45) is 30.6. The van der Waals surface area contributed by atoms with Crippen LogP contribution in [-0.2, 0) is 14.9 Å². The Bertz CT molecular complexity index is 809. The van der Waals surface area contributed by atoms with E-state index in [1.807, 2.05) is 0 Å². The minimum Gasteiger partial charge on any atom is -0.387 e. The van der Waals surface area contributed by atoms with Crippen LogP contribution in [0.3, 0.4) is 0 Å². The van der Waals surface area contributed by atoms with Crippen LogP contribution in [-0.4, -0.2) is 53.1 Å². The van der Waals surface area contributed by atoms with Gasteiger partial charge < -0.3 is 15.5 Å². The van der Waals surface area contributed by atoms with Gasteiger partial charge in [-0.3, -0.25) is 9.35 Å². The fourth-order valence-electron chi connectivity index (χ4n) is 4.61. The molecule has 0 aliphatic heterocycles. The van der Waals surface area contributed by atoms with Crippen molar-refractivity contribution >= 4 is 16.0 Å². The molecule has 0 aromatic heterocycles. The second-order valence-electron chi connectivity index (χ2n) is 11.2. The SMILES string of the molecule is CCC/C=C/CC/C=C/CC/C=C/C(O)C(CS(=O)(=O)O)NC(=O)C(O)CCCCCCCCCCCCCCC.